The van der Waals surface area contributed by atoms with E-state index in [9.17, 15) is 4.39 Å². The highest BCUT2D eigenvalue weighted by atomic mass is 35.5. The second-order valence-corrected chi connectivity index (χ2v) is 6.01. The minimum Gasteiger partial charge on any atom is -0.310 e. The molecule has 1 aromatic rings. The highest BCUT2D eigenvalue weighted by molar-refractivity contribution is 6.30. The first-order valence-electron chi connectivity index (χ1n) is 7.37. The lowest BCUT2D eigenvalue weighted by molar-refractivity contribution is 0.277. The summed E-state index contributed by atoms with van der Waals surface area (Å²) in [7, 11) is 0. The van der Waals surface area contributed by atoms with Crippen LogP contribution in [-0.4, -0.2) is 6.04 Å². The van der Waals surface area contributed by atoms with Crippen molar-refractivity contribution >= 4 is 11.6 Å². The Hall–Kier alpha value is -0.600. The molecule has 1 N–H and O–H groups in total. The molecule has 0 aliphatic heterocycles. The zero-order valence-electron chi connectivity index (χ0n) is 11.6. The number of hydrogen-bond donors (Lipinski definition) is 1. The van der Waals surface area contributed by atoms with E-state index in [2.05, 4.69) is 12.2 Å². The lowest BCUT2D eigenvalue weighted by Gasteiger charge is -2.29. The van der Waals surface area contributed by atoms with Gasteiger partial charge in [-0.05, 0) is 37.7 Å². The lowest BCUT2D eigenvalue weighted by atomic mass is 9.83. The van der Waals surface area contributed by atoms with E-state index in [1.54, 1.807) is 18.2 Å². The van der Waals surface area contributed by atoms with Crippen molar-refractivity contribution in [2.45, 2.75) is 58.0 Å². The third kappa shape index (κ3) is 4.19. The summed E-state index contributed by atoms with van der Waals surface area (Å²) in [4.78, 5) is 0. The lowest BCUT2D eigenvalue weighted by Crippen LogP contribution is -2.33. The molecule has 0 heterocycles. The van der Waals surface area contributed by atoms with Gasteiger partial charge in [0.05, 0.1) is 5.02 Å². The SMILES string of the molecule is CCCC1CCC(NCc2cccc(Cl)c2F)CC1. The first-order valence-corrected chi connectivity index (χ1v) is 7.74. The number of hydrogen-bond acceptors (Lipinski definition) is 1. The Labute approximate surface area is 120 Å². The standard InChI is InChI=1S/C16H23ClFN/c1-2-4-12-7-9-14(10-8-12)19-11-13-5-3-6-15(17)16(13)18/h3,5-6,12,14,19H,2,4,7-11H2,1H3. The highest BCUT2D eigenvalue weighted by Crippen LogP contribution is 2.28. The monoisotopic (exact) mass is 283 g/mol. The summed E-state index contributed by atoms with van der Waals surface area (Å²) in [6.07, 6.45) is 7.69. The summed E-state index contributed by atoms with van der Waals surface area (Å²) in [6, 6.07) is 5.74. The molecule has 1 aliphatic carbocycles. The van der Waals surface area contributed by atoms with Crippen molar-refractivity contribution in [2.75, 3.05) is 0 Å². The highest BCUT2D eigenvalue weighted by Gasteiger charge is 2.20. The van der Waals surface area contributed by atoms with Crippen molar-refractivity contribution in [1.82, 2.24) is 5.32 Å². The van der Waals surface area contributed by atoms with Crippen molar-refractivity contribution in [3.63, 3.8) is 0 Å². The van der Waals surface area contributed by atoms with Crippen LogP contribution in [0.1, 0.15) is 51.0 Å². The van der Waals surface area contributed by atoms with Gasteiger partial charge < -0.3 is 5.32 Å². The van der Waals surface area contributed by atoms with E-state index >= 15 is 0 Å². The van der Waals surface area contributed by atoms with E-state index in [0.717, 1.165) is 5.92 Å². The Morgan fingerprint density at radius 2 is 2.00 bits per heavy atom. The van der Waals surface area contributed by atoms with E-state index in [1.807, 2.05) is 0 Å². The van der Waals surface area contributed by atoms with Gasteiger partial charge in [-0.2, -0.15) is 0 Å². The van der Waals surface area contributed by atoms with E-state index in [4.69, 9.17) is 11.6 Å². The average Bonchev–Trinajstić information content (AvgIpc) is 2.42. The first-order chi connectivity index (χ1) is 9.20. The molecule has 2 rings (SSSR count). The third-order valence-corrected chi connectivity index (χ3v) is 4.45. The molecule has 0 bridgehead atoms. The minimum absolute atomic E-state index is 0.214. The smallest absolute Gasteiger partial charge is 0.146 e. The zero-order chi connectivity index (χ0) is 13.7. The molecule has 0 aromatic heterocycles. The van der Waals surface area contributed by atoms with E-state index in [1.165, 1.54) is 38.5 Å². The van der Waals surface area contributed by atoms with Crippen LogP contribution in [0, 0.1) is 11.7 Å². The Morgan fingerprint density at radius 1 is 1.26 bits per heavy atom. The van der Waals surface area contributed by atoms with Crippen molar-refractivity contribution in [3.8, 4) is 0 Å². The molecule has 19 heavy (non-hydrogen) atoms. The van der Waals surface area contributed by atoms with Gasteiger partial charge in [0.25, 0.3) is 0 Å². The molecule has 0 radical (unpaired) electrons. The van der Waals surface area contributed by atoms with Crippen LogP contribution in [0.25, 0.3) is 0 Å². The van der Waals surface area contributed by atoms with Crippen LogP contribution in [0.3, 0.4) is 0 Å². The zero-order valence-corrected chi connectivity index (χ0v) is 12.3. The molecule has 1 aromatic carbocycles. The fourth-order valence-electron chi connectivity index (χ4n) is 3.00. The summed E-state index contributed by atoms with van der Waals surface area (Å²) >= 11 is 5.79. The molecule has 0 atom stereocenters. The second-order valence-electron chi connectivity index (χ2n) is 5.60. The molecule has 0 amide bonds. The quantitative estimate of drug-likeness (QED) is 0.808. The maximum Gasteiger partial charge on any atom is 0.146 e. The Balaban J connectivity index is 1.79. The van der Waals surface area contributed by atoms with Crippen LogP contribution in [-0.2, 0) is 6.54 Å². The van der Waals surface area contributed by atoms with E-state index in [-0.39, 0.29) is 10.8 Å². The average molecular weight is 284 g/mol. The maximum atomic E-state index is 13.7. The molecule has 0 spiro atoms. The molecular formula is C16H23ClFN. The predicted octanol–water partition coefficient (Wildman–Crippen LogP) is 4.93. The van der Waals surface area contributed by atoms with Gasteiger partial charge in [-0.1, -0.05) is 43.5 Å². The van der Waals surface area contributed by atoms with Gasteiger partial charge in [0, 0.05) is 18.2 Å². The Morgan fingerprint density at radius 3 is 2.68 bits per heavy atom. The number of rotatable bonds is 5. The van der Waals surface area contributed by atoms with Gasteiger partial charge in [0.15, 0.2) is 0 Å². The number of benzene rings is 1. The van der Waals surface area contributed by atoms with Crippen LogP contribution in [0.15, 0.2) is 18.2 Å². The van der Waals surface area contributed by atoms with Crippen molar-refractivity contribution in [3.05, 3.63) is 34.6 Å². The Bertz CT molecular complexity index is 400. The topological polar surface area (TPSA) is 12.0 Å². The second kappa shape index (κ2) is 7.25. The van der Waals surface area contributed by atoms with E-state index in [0.29, 0.717) is 18.2 Å². The summed E-state index contributed by atoms with van der Waals surface area (Å²) in [5, 5.41) is 3.68. The molecule has 106 valence electrons. The minimum atomic E-state index is -0.281. The summed E-state index contributed by atoms with van der Waals surface area (Å²) in [5.41, 5.74) is 0.670. The Kier molecular flexibility index (Phi) is 5.65. The van der Waals surface area contributed by atoms with Crippen molar-refractivity contribution in [1.29, 1.82) is 0 Å². The van der Waals surface area contributed by atoms with Gasteiger partial charge in [-0.3, -0.25) is 0 Å². The molecule has 1 aliphatic rings. The summed E-state index contributed by atoms with van der Waals surface area (Å²) in [5.74, 6) is 0.627. The molecule has 1 fully saturated rings. The largest absolute Gasteiger partial charge is 0.310 e. The van der Waals surface area contributed by atoms with Gasteiger partial charge in [0.1, 0.15) is 5.82 Å². The maximum absolute atomic E-state index is 13.7. The van der Waals surface area contributed by atoms with Crippen LogP contribution in [0.2, 0.25) is 5.02 Å². The van der Waals surface area contributed by atoms with Gasteiger partial charge in [-0.15, -0.1) is 0 Å². The van der Waals surface area contributed by atoms with Gasteiger partial charge in [0.2, 0.25) is 0 Å². The van der Waals surface area contributed by atoms with Crippen LogP contribution >= 0.6 is 11.6 Å². The van der Waals surface area contributed by atoms with Crippen LogP contribution in [0.4, 0.5) is 4.39 Å². The molecule has 0 saturated heterocycles. The number of nitrogens with one attached hydrogen (secondary N) is 1. The predicted molar refractivity (Wildman–Crippen MR) is 78.9 cm³/mol. The summed E-state index contributed by atoms with van der Waals surface area (Å²) in [6.45, 7) is 2.84. The molecule has 0 unspecified atom stereocenters. The third-order valence-electron chi connectivity index (χ3n) is 4.16. The molecule has 1 nitrogen and oxygen atoms in total. The van der Waals surface area contributed by atoms with Crippen molar-refractivity contribution in [2.24, 2.45) is 5.92 Å². The van der Waals surface area contributed by atoms with Gasteiger partial charge >= 0.3 is 0 Å². The van der Waals surface area contributed by atoms with E-state index < -0.39 is 0 Å². The number of halogens is 2. The molecule has 1 saturated carbocycles. The first kappa shape index (κ1) is 14.8. The van der Waals surface area contributed by atoms with Crippen molar-refractivity contribution < 1.29 is 4.39 Å². The van der Waals surface area contributed by atoms with Crippen LogP contribution < -0.4 is 5.32 Å². The molecular weight excluding hydrogens is 261 g/mol. The fraction of sp³-hybridized carbons (Fsp3) is 0.625. The normalized spacial score (nSPS) is 23.5. The van der Waals surface area contributed by atoms with Crippen LogP contribution in [0.5, 0.6) is 0 Å². The summed E-state index contributed by atoms with van der Waals surface area (Å²) < 4.78 is 13.7. The fourth-order valence-corrected chi connectivity index (χ4v) is 3.20. The molecule has 3 heteroatoms. The van der Waals surface area contributed by atoms with Gasteiger partial charge in [-0.25, -0.2) is 4.39 Å².